The number of nitrogens with one attached hydrogen (secondary N) is 2. The molecule has 0 aliphatic rings. The highest BCUT2D eigenvalue weighted by molar-refractivity contribution is 5.92. The second-order valence-corrected chi connectivity index (χ2v) is 5.17. The summed E-state index contributed by atoms with van der Waals surface area (Å²) < 4.78 is 0. The Hall–Kier alpha value is -2.37. The lowest BCUT2D eigenvalue weighted by Gasteiger charge is -2.05. The van der Waals surface area contributed by atoms with Crippen LogP contribution >= 0.6 is 0 Å². The Labute approximate surface area is 124 Å². The number of hydrogen-bond acceptors (Lipinski definition) is 3. The Bertz CT molecular complexity index is 597. The number of nitrogens with zero attached hydrogens (tertiary/aromatic N) is 3. The summed E-state index contributed by atoms with van der Waals surface area (Å²) in [6, 6.07) is 8.13. The average molecular weight is 286 g/mol. The summed E-state index contributed by atoms with van der Waals surface area (Å²) in [5.41, 5.74) is 8.08. The van der Waals surface area contributed by atoms with Crippen LogP contribution in [-0.2, 0) is 13.0 Å². The molecular weight excluding hydrogens is 264 g/mol. The summed E-state index contributed by atoms with van der Waals surface area (Å²) in [6.45, 7) is 6.60. The van der Waals surface area contributed by atoms with Gasteiger partial charge in [-0.25, -0.2) is 9.98 Å². The molecule has 0 fully saturated rings. The van der Waals surface area contributed by atoms with E-state index in [2.05, 4.69) is 44.5 Å². The number of rotatable bonds is 5. The Balaban J connectivity index is 1.93. The third-order valence-electron chi connectivity index (χ3n) is 3.10. The lowest BCUT2D eigenvalue weighted by Crippen LogP contribution is -2.22. The zero-order chi connectivity index (χ0) is 15.2. The van der Waals surface area contributed by atoms with E-state index in [9.17, 15) is 0 Å². The number of aromatic amines is 1. The van der Waals surface area contributed by atoms with Gasteiger partial charge in [0.25, 0.3) is 0 Å². The van der Waals surface area contributed by atoms with E-state index in [1.54, 1.807) is 0 Å². The van der Waals surface area contributed by atoms with Crippen LogP contribution in [0.4, 0.5) is 5.69 Å². The van der Waals surface area contributed by atoms with Crippen molar-refractivity contribution in [3.8, 4) is 0 Å². The lowest BCUT2D eigenvalue weighted by molar-refractivity contribution is 0.780. The molecule has 1 aromatic heterocycles. The molecule has 0 bridgehead atoms. The van der Waals surface area contributed by atoms with Crippen molar-refractivity contribution >= 4 is 11.6 Å². The van der Waals surface area contributed by atoms with E-state index in [1.807, 2.05) is 26.0 Å². The van der Waals surface area contributed by atoms with Gasteiger partial charge in [-0.15, -0.1) is 0 Å². The second kappa shape index (κ2) is 6.88. The minimum atomic E-state index is 0.298. The molecule has 0 amide bonds. The molecule has 2 rings (SSSR count). The minimum absolute atomic E-state index is 0.298. The molecule has 112 valence electrons. The predicted octanol–water partition coefficient (Wildman–Crippen LogP) is 2.42. The summed E-state index contributed by atoms with van der Waals surface area (Å²) in [7, 11) is 0. The van der Waals surface area contributed by atoms with Crippen LogP contribution in [0.25, 0.3) is 0 Å². The van der Waals surface area contributed by atoms with Crippen LogP contribution in [0.2, 0.25) is 0 Å². The van der Waals surface area contributed by atoms with Crippen LogP contribution in [0.15, 0.2) is 29.3 Å². The molecule has 1 aromatic carbocycles. The van der Waals surface area contributed by atoms with E-state index in [0.29, 0.717) is 24.2 Å². The summed E-state index contributed by atoms with van der Waals surface area (Å²) in [5.74, 6) is 2.17. The molecule has 0 radical (unpaired) electrons. The van der Waals surface area contributed by atoms with Gasteiger partial charge >= 0.3 is 0 Å². The van der Waals surface area contributed by atoms with E-state index in [-0.39, 0.29) is 0 Å². The van der Waals surface area contributed by atoms with Crippen LogP contribution in [0.5, 0.6) is 0 Å². The molecule has 0 spiro atoms. The summed E-state index contributed by atoms with van der Waals surface area (Å²) in [4.78, 5) is 8.61. The molecule has 4 N–H and O–H groups in total. The van der Waals surface area contributed by atoms with Crippen molar-refractivity contribution in [2.45, 2.75) is 39.7 Å². The summed E-state index contributed by atoms with van der Waals surface area (Å²) in [5, 5.41) is 10.1. The van der Waals surface area contributed by atoms with E-state index in [1.165, 1.54) is 5.56 Å². The molecule has 6 nitrogen and oxygen atoms in total. The number of hydrogen-bond donors (Lipinski definition) is 3. The molecule has 21 heavy (non-hydrogen) atoms. The van der Waals surface area contributed by atoms with Crippen molar-refractivity contribution in [1.82, 2.24) is 15.2 Å². The number of aliphatic imine (C=N–C) groups is 1. The smallest absolute Gasteiger partial charge is 0.193 e. The third-order valence-corrected chi connectivity index (χ3v) is 3.10. The first-order valence-corrected chi connectivity index (χ1v) is 7.15. The molecule has 0 atom stereocenters. The van der Waals surface area contributed by atoms with Gasteiger partial charge in [-0.3, -0.25) is 5.10 Å². The first kappa shape index (κ1) is 15.0. The van der Waals surface area contributed by atoms with Gasteiger partial charge in [0.05, 0.1) is 0 Å². The number of anilines is 1. The number of nitrogens with two attached hydrogens (primary N) is 1. The van der Waals surface area contributed by atoms with Gasteiger partial charge in [0.2, 0.25) is 0 Å². The number of H-pyrrole nitrogens is 1. The number of guanidine groups is 1. The SMILES string of the molecule is CCc1ccc(NC(N)=NCc2nc(C(C)C)n[nH]2)cc1. The zero-order valence-corrected chi connectivity index (χ0v) is 12.7. The normalized spacial score (nSPS) is 11.9. The van der Waals surface area contributed by atoms with Crippen LogP contribution in [0.1, 0.15) is 43.9 Å². The highest BCUT2D eigenvalue weighted by Gasteiger charge is 2.06. The molecule has 2 aromatic rings. The number of aromatic nitrogens is 3. The Morgan fingerprint density at radius 1 is 1.33 bits per heavy atom. The van der Waals surface area contributed by atoms with E-state index >= 15 is 0 Å². The van der Waals surface area contributed by atoms with Gasteiger partial charge in [0, 0.05) is 11.6 Å². The van der Waals surface area contributed by atoms with Crippen LogP contribution in [0.3, 0.4) is 0 Å². The van der Waals surface area contributed by atoms with Crippen LogP contribution in [0, 0.1) is 0 Å². The van der Waals surface area contributed by atoms with Gasteiger partial charge in [-0.1, -0.05) is 32.9 Å². The Morgan fingerprint density at radius 3 is 2.62 bits per heavy atom. The minimum Gasteiger partial charge on any atom is -0.370 e. The van der Waals surface area contributed by atoms with Crippen molar-refractivity contribution in [2.75, 3.05) is 5.32 Å². The monoisotopic (exact) mass is 286 g/mol. The van der Waals surface area contributed by atoms with Crippen molar-refractivity contribution in [3.05, 3.63) is 41.5 Å². The van der Waals surface area contributed by atoms with Crippen molar-refractivity contribution in [3.63, 3.8) is 0 Å². The van der Waals surface area contributed by atoms with Gasteiger partial charge < -0.3 is 11.1 Å². The van der Waals surface area contributed by atoms with Gasteiger partial charge in [0.1, 0.15) is 12.4 Å². The number of aryl methyl sites for hydroxylation is 1. The van der Waals surface area contributed by atoms with Gasteiger partial charge in [0.15, 0.2) is 11.8 Å². The molecule has 0 saturated carbocycles. The molecular formula is C15H22N6. The zero-order valence-electron chi connectivity index (χ0n) is 12.7. The third kappa shape index (κ3) is 4.30. The Kier molecular flexibility index (Phi) is 4.92. The molecule has 6 heteroatoms. The van der Waals surface area contributed by atoms with Crippen molar-refractivity contribution in [2.24, 2.45) is 10.7 Å². The molecule has 0 aliphatic heterocycles. The summed E-state index contributed by atoms with van der Waals surface area (Å²) >= 11 is 0. The first-order valence-electron chi connectivity index (χ1n) is 7.15. The Morgan fingerprint density at radius 2 is 2.05 bits per heavy atom. The fourth-order valence-corrected chi connectivity index (χ4v) is 1.81. The fraction of sp³-hybridized carbons (Fsp3) is 0.400. The lowest BCUT2D eigenvalue weighted by atomic mass is 10.1. The quantitative estimate of drug-likeness (QED) is 0.581. The largest absolute Gasteiger partial charge is 0.370 e. The van der Waals surface area contributed by atoms with Crippen LogP contribution < -0.4 is 11.1 Å². The molecule has 1 heterocycles. The predicted molar refractivity (Wildman–Crippen MR) is 85.2 cm³/mol. The maximum Gasteiger partial charge on any atom is 0.193 e. The maximum absolute atomic E-state index is 5.87. The highest BCUT2D eigenvalue weighted by atomic mass is 15.2. The van der Waals surface area contributed by atoms with Crippen LogP contribution in [-0.4, -0.2) is 21.1 Å². The standard InChI is InChI=1S/C15H22N6/c1-4-11-5-7-12(8-6-11)18-15(16)17-9-13-19-14(10(2)3)21-20-13/h5-8,10H,4,9H2,1-3H3,(H3,16,17,18)(H,19,20,21). The maximum atomic E-state index is 5.87. The number of benzene rings is 1. The van der Waals surface area contributed by atoms with Crippen molar-refractivity contribution in [1.29, 1.82) is 0 Å². The topological polar surface area (TPSA) is 92.0 Å². The molecule has 0 unspecified atom stereocenters. The molecule has 0 saturated heterocycles. The fourth-order valence-electron chi connectivity index (χ4n) is 1.81. The molecule has 0 aliphatic carbocycles. The summed E-state index contributed by atoms with van der Waals surface area (Å²) in [6.07, 6.45) is 1.02. The second-order valence-electron chi connectivity index (χ2n) is 5.17. The van der Waals surface area contributed by atoms with Crippen molar-refractivity contribution < 1.29 is 0 Å². The highest BCUT2D eigenvalue weighted by Crippen LogP contribution is 2.10. The van der Waals surface area contributed by atoms with E-state index in [0.717, 1.165) is 17.9 Å². The van der Waals surface area contributed by atoms with Gasteiger partial charge in [-0.05, 0) is 24.1 Å². The van der Waals surface area contributed by atoms with Gasteiger partial charge in [-0.2, -0.15) is 5.10 Å². The van der Waals surface area contributed by atoms with E-state index in [4.69, 9.17) is 5.73 Å². The van der Waals surface area contributed by atoms with E-state index < -0.39 is 0 Å². The first-order chi connectivity index (χ1) is 10.1. The average Bonchev–Trinajstić information content (AvgIpc) is 2.95.